The van der Waals surface area contributed by atoms with E-state index in [1.807, 2.05) is 36.4 Å². The minimum Gasteiger partial charge on any atom is -0.302 e. The van der Waals surface area contributed by atoms with E-state index in [4.69, 9.17) is 0 Å². The average Bonchev–Trinajstić information content (AvgIpc) is 3.32. The largest absolute Gasteiger partial charge is 0.302 e. The monoisotopic (exact) mass is 405 g/mol. The molecule has 30 heavy (non-hydrogen) atoms. The lowest BCUT2D eigenvalue weighted by molar-refractivity contribution is -0.112. The fourth-order valence-corrected chi connectivity index (χ4v) is 4.31. The van der Waals surface area contributed by atoms with Crippen LogP contribution in [-0.4, -0.2) is 31.7 Å². The molecule has 1 fully saturated rings. The second kappa shape index (κ2) is 8.65. The van der Waals surface area contributed by atoms with Gasteiger partial charge in [-0.15, -0.1) is 0 Å². The number of carbonyl (C=O) groups excluding carboxylic acids is 2. The first-order valence-corrected chi connectivity index (χ1v) is 10.5. The number of para-hydroxylation sites is 1. The van der Waals surface area contributed by atoms with Crippen molar-refractivity contribution in [2.24, 2.45) is 5.92 Å². The summed E-state index contributed by atoms with van der Waals surface area (Å²) in [6, 6.07) is 11.4. The molecule has 1 amide bonds. The van der Waals surface area contributed by atoms with Crippen molar-refractivity contribution in [3.8, 4) is 5.69 Å². The minimum absolute atomic E-state index is 0.328. The summed E-state index contributed by atoms with van der Waals surface area (Å²) in [4.78, 5) is 25.5. The number of nitrogens with one attached hydrogen (secondary N) is 2. The first-order chi connectivity index (χ1) is 14.5. The van der Waals surface area contributed by atoms with Gasteiger partial charge in [-0.25, -0.2) is 4.68 Å². The molecule has 3 aromatic rings. The van der Waals surface area contributed by atoms with Gasteiger partial charge in [-0.3, -0.25) is 14.7 Å². The first kappa shape index (κ1) is 20.1. The Bertz CT molecular complexity index is 1040. The predicted octanol–water partition coefficient (Wildman–Crippen LogP) is 4.16. The van der Waals surface area contributed by atoms with Crippen LogP contribution in [0, 0.1) is 19.8 Å². The molecule has 4 rings (SSSR count). The summed E-state index contributed by atoms with van der Waals surface area (Å²) in [6.07, 6.45) is 7.30. The maximum absolute atomic E-state index is 12.9. The SMILES string of the molecule is Cc1nn(-c2ccccc2)c(C)c1C(=O)C(=O)Nc1cc(CC2CCCCC2)[nH]n1. The zero-order valence-electron chi connectivity index (χ0n) is 17.4. The van der Waals surface area contributed by atoms with Gasteiger partial charge in [0.2, 0.25) is 0 Å². The lowest BCUT2D eigenvalue weighted by Crippen LogP contribution is -2.24. The third-order valence-corrected chi connectivity index (χ3v) is 5.83. The van der Waals surface area contributed by atoms with Crippen LogP contribution in [0.4, 0.5) is 5.82 Å². The molecule has 1 aliphatic rings. The number of aromatic amines is 1. The topological polar surface area (TPSA) is 92.7 Å². The maximum Gasteiger partial charge on any atom is 0.298 e. The zero-order valence-corrected chi connectivity index (χ0v) is 17.4. The number of rotatable bonds is 6. The van der Waals surface area contributed by atoms with Gasteiger partial charge >= 0.3 is 0 Å². The van der Waals surface area contributed by atoms with Gasteiger partial charge in [0.15, 0.2) is 5.82 Å². The molecule has 2 N–H and O–H groups in total. The molecule has 0 bridgehead atoms. The Balaban J connectivity index is 1.46. The highest BCUT2D eigenvalue weighted by atomic mass is 16.2. The van der Waals surface area contributed by atoms with Gasteiger partial charge in [0.05, 0.1) is 22.6 Å². The summed E-state index contributed by atoms with van der Waals surface area (Å²) in [6.45, 7) is 3.54. The van der Waals surface area contributed by atoms with Crippen molar-refractivity contribution in [2.75, 3.05) is 5.32 Å². The van der Waals surface area contributed by atoms with E-state index in [-0.39, 0.29) is 0 Å². The Morgan fingerprint density at radius 3 is 2.60 bits per heavy atom. The van der Waals surface area contributed by atoms with Crippen LogP contribution in [0.2, 0.25) is 0 Å². The van der Waals surface area contributed by atoms with E-state index in [9.17, 15) is 9.59 Å². The number of H-pyrrole nitrogens is 1. The molecule has 7 nitrogen and oxygen atoms in total. The number of nitrogens with zero attached hydrogens (tertiary/aromatic N) is 3. The normalized spacial score (nSPS) is 14.6. The van der Waals surface area contributed by atoms with Gasteiger partial charge in [-0.2, -0.15) is 10.2 Å². The van der Waals surface area contributed by atoms with Crippen molar-refractivity contribution >= 4 is 17.5 Å². The minimum atomic E-state index is -0.704. The number of hydrogen-bond acceptors (Lipinski definition) is 4. The molecule has 2 aromatic heterocycles. The van der Waals surface area contributed by atoms with E-state index < -0.39 is 11.7 Å². The van der Waals surface area contributed by atoms with Crippen molar-refractivity contribution in [1.29, 1.82) is 0 Å². The lowest BCUT2D eigenvalue weighted by atomic mass is 9.86. The van der Waals surface area contributed by atoms with Gasteiger partial charge in [-0.1, -0.05) is 50.3 Å². The van der Waals surface area contributed by atoms with Crippen molar-refractivity contribution < 1.29 is 9.59 Å². The summed E-state index contributed by atoms with van der Waals surface area (Å²) in [5, 5.41) is 14.2. The van der Waals surface area contributed by atoms with Crippen LogP contribution in [0.25, 0.3) is 5.69 Å². The Kier molecular flexibility index (Phi) is 5.79. The number of anilines is 1. The van der Waals surface area contributed by atoms with Crippen molar-refractivity contribution in [3.63, 3.8) is 0 Å². The molecule has 2 heterocycles. The molecule has 0 saturated heterocycles. The third kappa shape index (κ3) is 4.20. The molecule has 0 aliphatic heterocycles. The van der Waals surface area contributed by atoms with Crippen LogP contribution >= 0.6 is 0 Å². The number of aryl methyl sites for hydroxylation is 1. The Morgan fingerprint density at radius 2 is 1.87 bits per heavy atom. The Labute approximate surface area is 175 Å². The molecule has 7 heteroatoms. The molecule has 0 atom stereocenters. The van der Waals surface area contributed by atoms with Gasteiger partial charge < -0.3 is 5.32 Å². The number of amides is 1. The highest BCUT2D eigenvalue weighted by molar-refractivity contribution is 6.47. The molecular formula is C23H27N5O2. The van der Waals surface area contributed by atoms with E-state index in [1.165, 1.54) is 32.1 Å². The van der Waals surface area contributed by atoms with Crippen molar-refractivity contribution in [2.45, 2.75) is 52.4 Å². The van der Waals surface area contributed by atoms with E-state index in [2.05, 4.69) is 20.6 Å². The summed E-state index contributed by atoms with van der Waals surface area (Å²) < 4.78 is 1.69. The predicted molar refractivity (Wildman–Crippen MR) is 115 cm³/mol. The van der Waals surface area contributed by atoms with E-state index in [0.29, 0.717) is 28.7 Å². The van der Waals surface area contributed by atoms with Crippen LogP contribution in [0.3, 0.4) is 0 Å². The number of aromatic nitrogens is 4. The van der Waals surface area contributed by atoms with Crippen LogP contribution in [-0.2, 0) is 11.2 Å². The number of Topliss-reactive ketones (excluding diaryl/α,β-unsaturated/α-hetero) is 1. The van der Waals surface area contributed by atoms with Gasteiger partial charge in [-0.05, 0) is 38.3 Å². The van der Waals surface area contributed by atoms with E-state index in [0.717, 1.165) is 17.8 Å². The highest BCUT2D eigenvalue weighted by Gasteiger charge is 2.26. The summed E-state index contributed by atoms with van der Waals surface area (Å²) in [5.74, 6) is -0.267. The Hall–Kier alpha value is -3.22. The van der Waals surface area contributed by atoms with Gasteiger partial charge in [0, 0.05) is 11.8 Å². The standard InChI is InChI=1S/C23H27N5O2/c1-15-21(16(2)28(27-15)19-11-7-4-8-12-19)22(29)23(30)24-20-14-18(25-26-20)13-17-9-5-3-6-10-17/h4,7-8,11-12,14,17H,3,5-6,9-10,13H2,1-2H3,(H2,24,25,26,30). The smallest absolute Gasteiger partial charge is 0.298 e. The molecule has 1 aromatic carbocycles. The fourth-order valence-electron chi connectivity index (χ4n) is 4.31. The molecule has 156 valence electrons. The molecule has 0 unspecified atom stereocenters. The van der Waals surface area contributed by atoms with E-state index >= 15 is 0 Å². The molecule has 0 radical (unpaired) electrons. The molecule has 1 saturated carbocycles. The number of hydrogen-bond donors (Lipinski definition) is 2. The van der Waals surface area contributed by atoms with Crippen LogP contribution in [0.1, 0.15) is 59.5 Å². The summed E-state index contributed by atoms with van der Waals surface area (Å²) in [5.41, 5.74) is 3.33. The van der Waals surface area contributed by atoms with Crippen molar-refractivity contribution in [1.82, 2.24) is 20.0 Å². The van der Waals surface area contributed by atoms with Crippen molar-refractivity contribution in [3.05, 3.63) is 59.0 Å². The molecular weight excluding hydrogens is 378 g/mol. The third-order valence-electron chi connectivity index (χ3n) is 5.83. The highest BCUT2D eigenvalue weighted by Crippen LogP contribution is 2.27. The van der Waals surface area contributed by atoms with Crippen LogP contribution < -0.4 is 5.32 Å². The summed E-state index contributed by atoms with van der Waals surface area (Å²) >= 11 is 0. The quantitative estimate of drug-likeness (QED) is 0.476. The number of carbonyl (C=O) groups is 2. The average molecular weight is 406 g/mol. The lowest BCUT2D eigenvalue weighted by Gasteiger charge is -2.20. The van der Waals surface area contributed by atoms with Crippen LogP contribution in [0.5, 0.6) is 0 Å². The maximum atomic E-state index is 12.9. The van der Waals surface area contributed by atoms with Gasteiger partial charge in [0.1, 0.15) is 0 Å². The number of benzene rings is 1. The van der Waals surface area contributed by atoms with Crippen LogP contribution in [0.15, 0.2) is 36.4 Å². The second-order valence-corrected chi connectivity index (χ2v) is 8.06. The summed E-state index contributed by atoms with van der Waals surface area (Å²) in [7, 11) is 0. The Morgan fingerprint density at radius 1 is 1.13 bits per heavy atom. The molecule has 0 spiro atoms. The zero-order chi connectivity index (χ0) is 21.1. The second-order valence-electron chi connectivity index (χ2n) is 8.06. The number of ketones is 1. The fraction of sp³-hybridized carbons (Fsp3) is 0.391. The van der Waals surface area contributed by atoms with E-state index in [1.54, 1.807) is 18.5 Å². The van der Waals surface area contributed by atoms with Gasteiger partial charge in [0.25, 0.3) is 11.7 Å². The molecule has 1 aliphatic carbocycles. The first-order valence-electron chi connectivity index (χ1n) is 10.5.